The highest BCUT2D eigenvalue weighted by atomic mass is 127. The second-order valence-corrected chi connectivity index (χ2v) is 3.40. The minimum absolute atomic E-state index is 0.488. The summed E-state index contributed by atoms with van der Waals surface area (Å²) in [4.78, 5) is 0. The summed E-state index contributed by atoms with van der Waals surface area (Å²) in [6.07, 6.45) is 1.82. The van der Waals surface area contributed by atoms with Gasteiger partial charge >= 0.3 is 0 Å². The highest BCUT2D eigenvalue weighted by Crippen LogP contribution is 2.18. The largest absolute Gasteiger partial charge is 0.377 e. The number of rotatable bonds is 1. The Balaban J connectivity index is 2.23. The van der Waals surface area contributed by atoms with Crippen LogP contribution in [0.2, 0.25) is 0 Å². The highest BCUT2D eigenvalue weighted by molar-refractivity contribution is 14.1. The fourth-order valence-corrected chi connectivity index (χ4v) is 1.61. The zero-order chi connectivity index (χ0) is 6.97. The summed E-state index contributed by atoms with van der Waals surface area (Å²) in [6, 6.07) is 2.49. The molecule has 2 rings (SSSR count). The molecule has 0 radical (unpaired) electrons. The molecule has 1 aliphatic rings. The van der Waals surface area contributed by atoms with Gasteiger partial charge in [-0.05, 0) is 28.7 Å². The number of halogens is 1. The van der Waals surface area contributed by atoms with Crippen LogP contribution in [0.1, 0.15) is 6.04 Å². The first kappa shape index (κ1) is 6.60. The lowest BCUT2D eigenvalue weighted by atomic mass is 10.3. The van der Waals surface area contributed by atoms with Gasteiger partial charge in [0.2, 0.25) is 0 Å². The van der Waals surface area contributed by atoms with Crippen LogP contribution in [0, 0.1) is 3.70 Å². The van der Waals surface area contributed by atoms with Crippen molar-refractivity contribution in [3.05, 3.63) is 16.0 Å². The van der Waals surface area contributed by atoms with Crippen molar-refractivity contribution >= 4 is 22.6 Å². The van der Waals surface area contributed by atoms with E-state index < -0.39 is 0 Å². The zero-order valence-electron chi connectivity index (χ0n) is 5.33. The summed E-state index contributed by atoms with van der Waals surface area (Å²) in [7, 11) is 0. The number of ether oxygens (including phenoxy) is 1. The van der Waals surface area contributed by atoms with Crippen LogP contribution >= 0.6 is 22.6 Å². The van der Waals surface area contributed by atoms with E-state index >= 15 is 0 Å². The fraction of sp³-hybridized carbons (Fsp3) is 0.500. The Labute approximate surface area is 72.5 Å². The van der Waals surface area contributed by atoms with E-state index in [-0.39, 0.29) is 0 Å². The first-order valence-electron chi connectivity index (χ1n) is 3.14. The van der Waals surface area contributed by atoms with E-state index in [4.69, 9.17) is 4.74 Å². The molecule has 54 valence electrons. The minimum atomic E-state index is 0.488. The summed E-state index contributed by atoms with van der Waals surface area (Å²) in [5.74, 6) is 0. The fourth-order valence-electron chi connectivity index (χ4n) is 0.931. The third-order valence-corrected chi connectivity index (χ3v) is 2.44. The molecule has 0 unspecified atom stereocenters. The van der Waals surface area contributed by atoms with E-state index in [0.717, 1.165) is 13.2 Å². The van der Waals surface area contributed by atoms with Crippen molar-refractivity contribution in [3.8, 4) is 0 Å². The Morgan fingerprint density at radius 3 is 2.90 bits per heavy atom. The van der Waals surface area contributed by atoms with Gasteiger partial charge in [-0.3, -0.25) is 4.68 Å². The van der Waals surface area contributed by atoms with Gasteiger partial charge in [0.25, 0.3) is 0 Å². The lowest BCUT2D eigenvalue weighted by molar-refractivity contribution is -0.0297. The zero-order valence-corrected chi connectivity index (χ0v) is 7.48. The summed E-state index contributed by atoms with van der Waals surface area (Å²) in [6.45, 7) is 1.63. The maximum absolute atomic E-state index is 5.05. The van der Waals surface area contributed by atoms with E-state index in [1.54, 1.807) is 0 Å². The lowest BCUT2D eigenvalue weighted by Gasteiger charge is -2.26. The molecule has 0 atom stereocenters. The molecule has 1 aromatic heterocycles. The molecular formula is C6H7IN2O. The maximum Gasteiger partial charge on any atom is 0.0997 e. The van der Waals surface area contributed by atoms with Crippen molar-refractivity contribution in [1.29, 1.82) is 0 Å². The molecule has 1 aromatic rings. The van der Waals surface area contributed by atoms with Crippen LogP contribution in [0.25, 0.3) is 0 Å². The standard InChI is InChI=1S/C6H7IN2O/c7-6-1-2-8-9(6)5-3-10-4-5/h1-2,5H,3-4H2. The van der Waals surface area contributed by atoms with E-state index in [1.165, 1.54) is 3.70 Å². The van der Waals surface area contributed by atoms with E-state index in [2.05, 4.69) is 27.7 Å². The van der Waals surface area contributed by atoms with Crippen LogP contribution in [-0.2, 0) is 4.74 Å². The molecule has 0 aromatic carbocycles. The maximum atomic E-state index is 5.05. The van der Waals surface area contributed by atoms with Gasteiger partial charge in [0, 0.05) is 0 Å². The molecule has 1 saturated heterocycles. The van der Waals surface area contributed by atoms with Gasteiger partial charge in [-0.2, -0.15) is 5.10 Å². The SMILES string of the molecule is Ic1ccnn1C1COC1. The Bertz CT molecular complexity index is 231. The third-order valence-electron chi connectivity index (χ3n) is 1.59. The smallest absolute Gasteiger partial charge is 0.0997 e. The molecule has 10 heavy (non-hydrogen) atoms. The molecule has 1 aliphatic heterocycles. The molecular weight excluding hydrogens is 243 g/mol. The Morgan fingerprint density at radius 1 is 1.70 bits per heavy atom. The summed E-state index contributed by atoms with van der Waals surface area (Å²) in [5, 5.41) is 4.17. The van der Waals surface area contributed by atoms with Gasteiger partial charge in [0.05, 0.1) is 29.2 Å². The molecule has 0 N–H and O–H groups in total. The monoisotopic (exact) mass is 250 g/mol. The van der Waals surface area contributed by atoms with Crippen molar-refractivity contribution < 1.29 is 4.74 Å². The average molecular weight is 250 g/mol. The Kier molecular flexibility index (Phi) is 1.65. The molecule has 0 spiro atoms. The summed E-state index contributed by atoms with van der Waals surface area (Å²) in [5.41, 5.74) is 0. The van der Waals surface area contributed by atoms with Gasteiger partial charge in [-0.1, -0.05) is 0 Å². The van der Waals surface area contributed by atoms with Crippen molar-refractivity contribution in [3.63, 3.8) is 0 Å². The molecule has 4 heteroatoms. The molecule has 0 saturated carbocycles. The second kappa shape index (κ2) is 2.50. The van der Waals surface area contributed by atoms with Crippen LogP contribution in [0.4, 0.5) is 0 Å². The minimum Gasteiger partial charge on any atom is -0.377 e. The molecule has 0 bridgehead atoms. The van der Waals surface area contributed by atoms with E-state index in [1.807, 2.05) is 16.9 Å². The van der Waals surface area contributed by atoms with Gasteiger partial charge in [0.1, 0.15) is 0 Å². The Hall–Kier alpha value is -0.100. The topological polar surface area (TPSA) is 27.1 Å². The van der Waals surface area contributed by atoms with E-state index in [9.17, 15) is 0 Å². The van der Waals surface area contributed by atoms with E-state index in [0.29, 0.717) is 6.04 Å². The first-order valence-corrected chi connectivity index (χ1v) is 4.22. The third kappa shape index (κ3) is 0.950. The molecule has 0 aliphatic carbocycles. The van der Waals surface area contributed by atoms with Gasteiger partial charge in [0.15, 0.2) is 0 Å². The first-order chi connectivity index (χ1) is 4.88. The molecule has 0 amide bonds. The molecule has 3 nitrogen and oxygen atoms in total. The normalized spacial score (nSPS) is 18.9. The predicted octanol–water partition coefficient (Wildman–Crippen LogP) is 1.06. The quantitative estimate of drug-likeness (QED) is 0.697. The number of hydrogen-bond acceptors (Lipinski definition) is 2. The number of aromatic nitrogens is 2. The van der Waals surface area contributed by atoms with Crippen LogP contribution in [0.15, 0.2) is 12.3 Å². The van der Waals surface area contributed by atoms with Gasteiger partial charge < -0.3 is 4.74 Å². The Morgan fingerprint density at radius 2 is 2.50 bits per heavy atom. The van der Waals surface area contributed by atoms with Crippen LogP contribution in [0.3, 0.4) is 0 Å². The van der Waals surface area contributed by atoms with Crippen molar-refractivity contribution in [2.45, 2.75) is 6.04 Å². The number of hydrogen-bond donors (Lipinski definition) is 0. The lowest BCUT2D eigenvalue weighted by Crippen LogP contribution is -2.31. The molecule has 1 fully saturated rings. The average Bonchev–Trinajstić information content (AvgIpc) is 2.12. The van der Waals surface area contributed by atoms with Crippen molar-refractivity contribution in [2.75, 3.05) is 13.2 Å². The highest BCUT2D eigenvalue weighted by Gasteiger charge is 2.21. The number of nitrogens with zero attached hydrogens (tertiary/aromatic N) is 2. The van der Waals surface area contributed by atoms with Crippen molar-refractivity contribution in [2.24, 2.45) is 0 Å². The van der Waals surface area contributed by atoms with Crippen LogP contribution < -0.4 is 0 Å². The van der Waals surface area contributed by atoms with Gasteiger partial charge in [-0.15, -0.1) is 0 Å². The predicted molar refractivity (Wildman–Crippen MR) is 44.8 cm³/mol. The van der Waals surface area contributed by atoms with Crippen LogP contribution in [-0.4, -0.2) is 23.0 Å². The summed E-state index contributed by atoms with van der Waals surface area (Å²) >= 11 is 2.27. The second-order valence-electron chi connectivity index (χ2n) is 2.29. The molecule has 2 heterocycles. The van der Waals surface area contributed by atoms with Crippen molar-refractivity contribution in [1.82, 2.24) is 9.78 Å². The summed E-state index contributed by atoms with van der Waals surface area (Å²) < 4.78 is 8.24. The van der Waals surface area contributed by atoms with Crippen LogP contribution in [0.5, 0.6) is 0 Å². The van der Waals surface area contributed by atoms with Gasteiger partial charge in [-0.25, -0.2) is 0 Å².